The predicted molar refractivity (Wildman–Crippen MR) is 91.1 cm³/mol. The van der Waals surface area contributed by atoms with E-state index in [2.05, 4.69) is 15.6 Å². The number of benzene rings is 1. The Morgan fingerprint density at radius 1 is 1.21 bits per heavy atom. The van der Waals surface area contributed by atoms with Crippen LogP contribution in [0.3, 0.4) is 0 Å². The molecule has 0 aliphatic carbocycles. The first kappa shape index (κ1) is 16.2. The van der Waals surface area contributed by atoms with E-state index in [9.17, 15) is 9.18 Å². The summed E-state index contributed by atoms with van der Waals surface area (Å²) in [4.78, 5) is 15.4. The lowest BCUT2D eigenvalue weighted by Gasteiger charge is -2.02. The van der Waals surface area contributed by atoms with Crippen molar-refractivity contribution >= 4 is 22.4 Å². The number of rotatable bonds is 6. The molecule has 2 aromatic heterocycles. The van der Waals surface area contributed by atoms with Crippen molar-refractivity contribution in [3.8, 4) is 11.5 Å². The first-order chi connectivity index (χ1) is 11.6. The lowest BCUT2D eigenvalue weighted by molar-refractivity contribution is -0.119. The van der Waals surface area contributed by atoms with Crippen LogP contribution < -0.4 is 10.6 Å². The van der Waals surface area contributed by atoms with Crippen molar-refractivity contribution in [3.63, 3.8) is 0 Å². The van der Waals surface area contributed by atoms with E-state index < -0.39 is 0 Å². The summed E-state index contributed by atoms with van der Waals surface area (Å²) in [6, 6.07) is 9.98. The Morgan fingerprint density at radius 3 is 2.75 bits per heavy atom. The van der Waals surface area contributed by atoms with Gasteiger partial charge in [-0.05, 0) is 29.8 Å². The molecule has 3 rings (SSSR count). The van der Waals surface area contributed by atoms with Crippen LogP contribution in [0.5, 0.6) is 0 Å². The molecular formula is C17H16FN3O2S. The molecule has 0 unspecified atom stereocenters. The average molecular weight is 345 g/mol. The van der Waals surface area contributed by atoms with E-state index in [-0.39, 0.29) is 11.7 Å². The zero-order valence-electron chi connectivity index (χ0n) is 13.0. The van der Waals surface area contributed by atoms with Gasteiger partial charge in [0.15, 0.2) is 10.9 Å². The van der Waals surface area contributed by atoms with Crippen LogP contribution in [-0.4, -0.2) is 10.9 Å². The highest BCUT2D eigenvalue weighted by molar-refractivity contribution is 7.14. The summed E-state index contributed by atoms with van der Waals surface area (Å²) in [5.74, 6) is 0.979. The van der Waals surface area contributed by atoms with Gasteiger partial charge < -0.3 is 15.1 Å². The van der Waals surface area contributed by atoms with Gasteiger partial charge in [-0.15, -0.1) is 11.3 Å². The highest BCUT2D eigenvalue weighted by atomic mass is 32.1. The summed E-state index contributed by atoms with van der Waals surface area (Å²) in [6.45, 7) is 2.39. The normalized spacial score (nSPS) is 10.6. The molecule has 2 heterocycles. The van der Waals surface area contributed by atoms with E-state index in [0.717, 1.165) is 16.4 Å². The molecule has 7 heteroatoms. The maximum absolute atomic E-state index is 12.9. The van der Waals surface area contributed by atoms with Crippen LogP contribution >= 0.6 is 11.3 Å². The number of furan rings is 1. The molecule has 0 fully saturated rings. The average Bonchev–Trinajstić information content (AvgIpc) is 3.21. The molecule has 0 spiro atoms. The minimum Gasteiger partial charge on any atom is -0.458 e. The number of carbonyl (C=O) groups is 1. The monoisotopic (exact) mass is 345 g/mol. The molecule has 0 aliphatic heterocycles. The number of carbonyl (C=O) groups excluding carboxylic acids is 1. The van der Waals surface area contributed by atoms with Crippen molar-refractivity contribution in [2.24, 2.45) is 0 Å². The zero-order valence-corrected chi connectivity index (χ0v) is 13.8. The summed E-state index contributed by atoms with van der Waals surface area (Å²) in [7, 11) is 0. The maximum Gasteiger partial charge on any atom is 0.217 e. The molecule has 1 aromatic carbocycles. The molecule has 0 bridgehead atoms. The number of anilines is 1. The van der Waals surface area contributed by atoms with Gasteiger partial charge in [-0.1, -0.05) is 12.1 Å². The van der Waals surface area contributed by atoms with Gasteiger partial charge in [0.05, 0.1) is 6.54 Å². The van der Waals surface area contributed by atoms with E-state index in [1.807, 2.05) is 17.5 Å². The Hall–Kier alpha value is -2.67. The van der Waals surface area contributed by atoms with Crippen LogP contribution in [0.1, 0.15) is 18.2 Å². The topological polar surface area (TPSA) is 67.2 Å². The Morgan fingerprint density at radius 2 is 2.00 bits per heavy atom. The molecule has 3 aromatic rings. The fraction of sp³-hybridized carbons (Fsp3) is 0.176. The van der Waals surface area contributed by atoms with E-state index in [1.165, 1.54) is 30.4 Å². The van der Waals surface area contributed by atoms with E-state index in [1.54, 1.807) is 12.1 Å². The predicted octanol–water partition coefficient (Wildman–Crippen LogP) is 3.79. The molecule has 2 N–H and O–H groups in total. The van der Waals surface area contributed by atoms with Gasteiger partial charge in [-0.2, -0.15) is 0 Å². The van der Waals surface area contributed by atoms with Crippen LogP contribution in [-0.2, 0) is 17.9 Å². The fourth-order valence-corrected chi connectivity index (χ4v) is 2.77. The van der Waals surface area contributed by atoms with Crippen LogP contribution in [0, 0.1) is 5.82 Å². The lowest BCUT2D eigenvalue weighted by Crippen LogP contribution is -2.18. The van der Waals surface area contributed by atoms with E-state index >= 15 is 0 Å². The Balaban J connectivity index is 1.60. The largest absolute Gasteiger partial charge is 0.458 e. The minimum absolute atomic E-state index is 0.103. The Labute approximate surface area is 142 Å². The molecule has 124 valence electrons. The number of hydrogen-bond donors (Lipinski definition) is 2. The standard InChI is InChI=1S/C17H16FN3O2S/c1-11(22)19-9-14-6-7-16(23-14)15-10-24-17(21-15)20-8-12-2-4-13(18)5-3-12/h2-7,10H,8-9H2,1H3,(H,19,22)(H,20,21). The SMILES string of the molecule is CC(=O)NCc1ccc(-c2csc(NCc3ccc(F)cc3)n2)o1. The first-order valence-corrected chi connectivity index (χ1v) is 8.25. The van der Waals surface area contributed by atoms with Crippen molar-refractivity contribution in [2.75, 3.05) is 5.32 Å². The van der Waals surface area contributed by atoms with Gasteiger partial charge in [0.25, 0.3) is 0 Å². The number of thiazole rings is 1. The van der Waals surface area contributed by atoms with Gasteiger partial charge in [-0.3, -0.25) is 4.79 Å². The Bertz CT molecular complexity index is 826. The number of halogens is 1. The van der Waals surface area contributed by atoms with Gasteiger partial charge in [0.1, 0.15) is 17.3 Å². The third-order valence-corrected chi connectivity index (χ3v) is 4.09. The van der Waals surface area contributed by atoms with Gasteiger partial charge >= 0.3 is 0 Å². The fourth-order valence-electron chi connectivity index (χ4n) is 2.07. The van der Waals surface area contributed by atoms with Crippen molar-refractivity contribution in [1.29, 1.82) is 0 Å². The summed E-state index contributed by atoms with van der Waals surface area (Å²) in [6.07, 6.45) is 0. The second-order valence-corrected chi connectivity index (χ2v) is 6.05. The third kappa shape index (κ3) is 4.20. The quantitative estimate of drug-likeness (QED) is 0.713. The highest BCUT2D eigenvalue weighted by Gasteiger charge is 2.09. The molecule has 0 radical (unpaired) electrons. The number of nitrogens with one attached hydrogen (secondary N) is 2. The van der Waals surface area contributed by atoms with Crippen LogP contribution in [0.2, 0.25) is 0 Å². The van der Waals surface area contributed by atoms with E-state index in [4.69, 9.17) is 4.42 Å². The molecule has 5 nitrogen and oxygen atoms in total. The van der Waals surface area contributed by atoms with Gasteiger partial charge in [-0.25, -0.2) is 9.37 Å². The number of hydrogen-bond acceptors (Lipinski definition) is 5. The number of aromatic nitrogens is 1. The zero-order chi connectivity index (χ0) is 16.9. The van der Waals surface area contributed by atoms with Crippen molar-refractivity contribution in [1.82, 2.24) is 10.3 Å². The molecule has 24 heavy (non-hydrogen) atoms. The highest BCUT2D eigenvalue weighted by Crippen LogP contribution is 2.26. The maximum atomic E-state index is 12.9. The lowest BCUT2D eigenvalue weighted by atomic mass is 10.2. The third-order valence-electron chi connectivity index (χ3n) is 3.29. The summed E-state index contributed by atoms with van der Waals surface area (Å²) >= 11 is 1.47. The Kier molecular flexibility index (Phi) is 4.90. The molecule has 0 saturated carbocycles. The van der Waals surface area contributed by atoms with Crippen molar-refractivity contribution < 1.29 is 13.6 Å². The second-order valence-electron chi connectivity index (χ2n) is 5.19. The van der Waals surface area contributed by atoms with Crippen LogP contribution in [0.4, 0.5) is 9.52 Å². The van der Waals surface area contributed by atoms with Crippen LogP contribution in [0.25, 0.3) is 11.5 Å². The summed E-state index contributed by atoms with van der Waals surface area (Å²) in [5.41, 5.74) is 1.71. The second kappa shape index (κ2) is 7.27. The van der Waals surface area contributed by atoms with Crippen LogP contribution in [0.15, 0.2) is 46.2 Å². The molecule has 0 atom stereocenters. The number of nitrogens with zero attached hydrogens (tertiary/aromatic N) is 1. The van der Waals surface area contributed by atoms with Crippen molar-refractivity contribution in [3.05, 3.63) is 58.9 Å². The first-order valence-electron chi connectivity index (χ1n) is 7.37. The van der Waals surface area contributed by atoms with Gasteiger partial charge in [0, 0.05) is 18.8 Å². The molecule has 0 saturated heterocycles. The molecule has 1 amide bonds. The summed E-state index contributed by atoms with van der Waals surface area (Å²) in [5, 5.41) is 8.54. The minimum atomic E-state index is -0.247. The smallest absolute Gasteiger partial charge is 0.217 e. The number of amides is 1. The molecule has 0 aliphatic rings. The summed E-state index contributed by atoms with van der Waals surface area (Å²) < 4.78 is 18.5. The van der Waals surface area contributed by atoms with Crippen molar-refractivity contribution in [2.45, 2.75) is 20.0 Å². The molecular weight excluding hydrogens is 329 g/mol. The van der Waals surface area contributed by atoms with E-state index in [0.29, 0.717) is 24.6 Å². The van der Waals surface area contributed by atoms with Gasteiger partial charge in [0.2, 0.25) is 5.91 Å².